The second kappa shape index (κ2) is 8.58. The van der Waals surface area contributed by atoms with Crippen molar-refractivity contribution in [1.29, 1.82) is 0 Å². The van der Waals surface area contributed by atoms with Gasteiger partial charge in [0, 0.05) is 32.1 Å². The minimum atomic E-state index is -0.722. The van der Waals surface area contributed by atoms with Crippen LogP contribution in [0.5, 0.6) is 0 Å². The van der Waals surface area contributed by atoms with Crippen molar-refractivity contribution in [3.05, 3.63) is 70.2 Å². The van der Waals surface area contributed by atoms with E-state index in [0.717, 1.165) is 6.07 Å². The Labute approximate surface area is 149 Å². The lowest BCUT2D eigenvalue weighted by molar-refractivity contribution is -0.129. The van der Waals surface area contributed by atoms with Gasteiger partial charge in [0.05, 0.1) is 10.6 Å². The molecule has 0 heterocycles. The SMILES string of the molecule is CC(=O)N(CCNC(=O)c1c(F)cccc1Cl)Cc1ccccc1F. The molecule has 4 nitrogen and oxygen atoms in total. The van der Waals surface area contributed by atoms with Crippen LogP contribution in [0.15, 0.2) is 42.5 Å². The standard InChI is InChI=1S/C18H17ClF2N2O2/c1-12(24)23(11-13-5-2-3-7-15(13)20)10-9-22-18(25)17-14(19)6-4-8-16(17)21/h2-8H,9-11H2,1H3,(H,22,25). The Kier molecular flexibility index (Phi) is 6.47. The van der Waals surface area contributed by atoms with Gasteiger partial charge in [-0.2, -0.15) is 0 Å². The van der Waals surface area contributed by atoms with Crippen LogP contribution in [0.1, 0.15) is 22.8 Å². The van der Waals surface area contributed by atoms with Crippen molar-refractivity contribution >= 4 is 23.4 Å². The van der Waals surface area contributed by atoms with E-state index in [9.17, 15) is 18.4 Å². The molecule has 2 rings (SSSR count). The summed E-state index contributed by atoms with van der Waals surface area (Å²) in [5.41, 5.74) is 0.133. The number of halogens is 3. The number of benzene rings is 2. The zero-order chi connectivity index (χ0) is 18.4. The first-order valence-electron chi connectivity index (χ1n) is 7.61. The number of carbonyl (C=O) groups is 2. The minimum absolute atomic E-state index is 0.00674. The lowest BCUT2D eigenvalue weighted by Gasteiger charge is -2.21. The number of hydrogen-bond donors (Lipinski definition) is 1. The van der Waals surface area contributed by atoms with Crippen molar-refractivity contribution in [1.82, 2.24) is 10.2 Å². The van der Waals surface area contributed by atoms with Crippen molar-refractivity contribution in [2.45, 2.75) is 13.5 Å². The van der Waals surface area contributed by atoms with Crippen LogP contribution in [-0.2, 0) is 11.3 Å². The van der Waals surface area contributed by atoms with Crippen LogP contribution < -0.4 is 5.32 Å². The number of carbonyl (C=O) groups excluding carboxylic acids is 2. The fraction of sp³-hybridized carbons (Fsp3) is 0.222. The van der Waals surface area contributed by atoms with Crippen molar-refractivity contribution in [2.24, 2.45) is 0 Å². The molecule has 2 amide bonds. The van der Waals surface area contributed by atoms with Crippen LogP contribution in [0.25, 0.3) is 0 Å². The van der Waals surface area contributed by atoms with E-state index in [1.807, 2.05) is 0 Å². The molecule has 0 aliphatic heterocycles. The Balaban J connectivity index is 1.97. The minimum Gasteiger partial charge on any atom is -0.350 e. The summed E-state index contributed by atoms with van der Waals surface area (Å²) in [6.45, 7) is 1.67. The number of rotatable bonds is 6. The Morgan fingerprint density at radius 1 is 1.08 bits per heavy atom. The molecule has 0 aliphatic carbocycles. The summed E-state index contributed by atoms with van der Waals surface area (Å²) in [4.78, 5) is 25.2. The molecule has 1 N–H and O–H groups in total. The molecule has 132 valence electrons. The molecule has 0 saturated heterocycles. The van der Waals surface area contributed by atoms with Gasteiger partial charge in [0.2, 0.25) is 5.91 Å². The van der Waals surface area contributed by atoms with E-state index >= 15 is 0 Å². The summed E-state index contributed by atoms with van der Waals surface area (Å²) < 4.78 is 27.4. The van der Waals surface area contributed by atoms with Gasteiger partial charge in [-0.15, -0.1) is 0 Å². The van der Waals surface area contributed by atoms with E-state index in [2.05, 4.69) is 5.32 Å². The molecule has 0 unspecified atom stereocenters. The largest absolute Gasteiger partial charge is 0.350 e. The monoisotopic (exact) mass is 366 g/mol. The zero-order valence-electron chi connectivity index (χ0n) is 13.6. The summed E-state index contributed by atoms with van der Waals surface area (Å²) in [6.07, 6.45) is 0. The van der Waals surface area contributed by atoms with Crippen LogP contribution in [0.2, 0.25) is 5.02 Å². The first-order valence-corrected chi connectivity index (χ1v) is 7.99. The average molecular weight is 367 g/mol. The highest BCUT2D eigenvalue weighted by atomic mass is 35.5. The number of nitrogens with zero attached hydrogens (tertiary/aromatic N) is 1. The van der Waals surface area contributed by atoms with Gasteiger partial charge in [-0.05, 0) is 18.2 Å². The van der Waals surface area contributed by atoms with E-state index in [1.54, 1.807) is 18.2 Å². The van der Waals surface area contributed by atoms with Gasteiger partial charge in [0.25, 0.3) is 5.91 Å². The Bertz CT molecular complexity index is 763. The molecule has 0 radical (unpaired) electrons. The predicted molar refractivity (Wildman–Crippen MR) is 91.2 cm³/mol. The molecular formula is C18H17ClF2N2O2. The van der Waals surface area contributed by atoms with Gasteiger partial charge < -0.3 is 10.2 Å². The summed E-state index contributed by atoms with van der Waals surface area (Å²) in [5, 5.41) is 2.52. The second-order valence-electron chi connectivity index (χ2n) is 5.38. The van der Waals surface area contributed by atoms with Gasteiger partial charge in [-0.1, -0.05) is 35.9 Å². The van der Waals surface area contributed by atoms with Crippen molar-refractivity contribution in [3.8, 4) is 0 Å². The molecule has 0 aliphatic rings. The molecular weight excluding hydrogens is 350 g/mol. The van der Waals surface area contributed by atoms with Crippen molar-refractivity contribution < 1.29 is 18.4 Å². The number of amides is 2. The first kappa shape index (κ1) is 18.9. The Morgan fingerprint density at radius 3 is 2.40 bits per heavy atom. The van der Waals surface area contributed by atoms with Gasteiger partial charge in [-0.25, -0.2) is 8.78 Å². The van der Waals surface area contributed by atoms with Crippen LogP contribution in [0.4, 0.5) is 8.78 Å². The Morgan fingerprint density at radius 2 is 1.76 bits per heavy atom. The normalized spacial score (nSPS) is 10.4. The summed E-state index contributed by atoms with van der Waals surface area (Å²) in [6, 6.07) is 10.1. The third-order valence-electron chi connectivity index (χ3n) is 3.62. The quantitative estimate of drug-likeness (QED) is 0.851. The second-order valence-corrected chi connectivity index (χ2v) is 5.79. The maximum atomic E-state index is 13.7. The maximum absolute atomic E-state index is 13.7. The van der Waals surface area contributed by atoms with Gasteiger partial charge >= 0.3 is 0 Å². The van der Waals surface area contributed by atoms with Gasteiger partial charge in [0.1, 0.15) is 11.6 Å². The summed E-state index contributed by atoms with van der Waals surface area (Å²) in [7, 11) is 0. The molecule has 0 spiro atoms. The highest BCUT2D eigenvalue weighted by molar-refractivity contribution is 6.33. The molecule has 0 fully saturated rings. The van der Waals surface area contributed by atoms with Crippen molar-refractivity contribution in [3.63, 3.8) is 0 Å². The van der Waals surface area contributed by atoms with Crippen LogP contribution in [-0.4, -0.2) is 29.8 Å². The average Bonchev–Trinajstić information content (AvgIpc) is 2.55. The highest BCUT2D eigenvalue weighted by Crippen LogP contribution is 2.18. The van der Waals surface area contributed by atoms with E-state index in [0.29, 0.717) is 5.56 Å². The molecule has 2 aromatic rings. The van der Waals surface area contributed by atoms with E-state index in [4.69, 9.17) is 11.6 Å². The fourth-order valence-corrected chi connectivity index (χ4v) is 2.54. The van der Waals surface area contributed by atoms with Gasteiger partial charge in [0.15, 0.2) is 0 Å². The third kappa shape index (κ3) is 5.00. The predicted octanol–water partition coefficient (Wildman–Crippen LogP) is 3.40. The molecule has 2 aromatic carbocycles. The molecule has 0 saturated carbocycles. The van der Waals surface area contributed by atoms with Crippen LogP contribution in [0.3, 0.4) is 0 Å². The molecule has 7 heteroatoms. The first-order chi connectivity index (χ1) is 11.9. The van der Waals surface area contributed by atoms with Crippen molar-refractivity contribution in [2.75, 3.05) is 13.1 Å². The molecule has 0 atom stereocenters. The van der Waals surface area contributed by atoms with E-state index < -0.39 is 17.5 Å². The van der Waals surface area contributed by atoms with Crippen LogP contribution >= 0.6 is 11.6 Å². The number of hydrogen-bond acceptors (Lipinski definition) is 2. The number of nitrogens with one attached hydrogen (secondary N) is 1. The molecule has 0 bridgehead atoms. The van der Waals surface area contributed by atoms with E-state index in [1.165, 1.54) is 30.0 Å². The topological polar surface area (TPSA) is 49.4 Å². The fourth-order valence-electron chi connectivity index (χ4n) is 2.29. The summed E-state index contributed by atoms with van der Waals surface area (Å²) in [5.74, 6) is -2.06. The lowest BCUT2D eigenvalue weighted by Crippen LogP contribution is -2.37. The molecule has 25 heavy (non-hydrogen) atoms. The Hall–Kier alpha value is -2.47. The maximum Gasteiger partial charge on any atom is 0.255 e. The smallest absolute Gasteiger partial charge is 0.255 e. The zero-order valence-corrected chi connectivity index (χ0v) is 14.3. The highest BCUT2D eigenvalue weighted by Gasteiger charge is 2.16. The van der Waals surface area contributed by atoms with E-state index in [-0.39, 0.29) is 36.1 Å². The van der Waals surface area contributed by atoms with Crippen LogP contribution in [0, 0.1) is 11.6 Å². The van der Waals surface area contributed by atoms with Gasteiger partial charge in [-0.3, -0.25) is 9.59 Å². The molecule has 0 aromatic heterocycles. The summed E-state index contributed by atoms with van der Waals surface area (Å²) >= 11 is 5.83. The third-order valence-corrected chi connectivity index (χ3v) is 3.94. The lowest BCUT2D eigenvalue weighted by atomic mass is 10.2.